The van der Waals surface area contributed by atoms with Gasteiger partial charge in [-0.2, -0.15) is 9.98 Å². The van der Waals surface area contributed by atoms with Gasteiger partial charge in [0.1, 0.15) is 5.69 Å². The van der Waals surface area contributed by atoms with Crippen LogP contribution in [-0.4, -0.2) is 35.2 Å². The first-order valence-corrected chi connectivity index (χ1v) is 7.14. The van der Waals surface area contributed by atoms with Gasteiger partial charge >= 0.3 is 12.0 Å². The van der Waals surface area contributed by atoms with Crippen LogP contribution in [0.2, 0.25) is 5.02 Å². The molecule has 0 spiro atoms. The van der Waals surface area contributed by atoms with Gasteiger partial charge in [0.15, 0.2) is 17.7 Å². The van der Waals surface area contributed by atoms with E-state index in [4.69, 9.17) is 21.1 Å². The fraction of sp³-hybridized carbons (Fsp3) is 0.200. The number of isocyanates is 1. The maximum Gasteiger partial charge on any atom is 0.346 e. The molecule has 0 aliphatic heterocycles. The third-order valence-electron chi connectivity index (χ3n) is 2.81. The van der Waals surface area contributed by atoms with E-state index in [1.807, 2.05) is 0 Å². The topological polar surface area (TPSA) is 100.0 Å². The highest BCUT2D eigenvalue weighted by molar-refractivity contribution is 6.32. The Labute approximate surface area is 146 Å². The number of halogens is 2. The zero-order valence-electron chi connectivity index (χ0n) is 13.0. The van der Waals surface area contributed by atoms with Crippen molar-refractivity contribution in [2.45, 2.75) is 13.0 Å². The molecule has 130 valence electrons. The Hall–Kier alpha value is -3.03. The molecule has 0 amide bonds. The summed E-state index contributed by atoms with van der Waals surface area (Å²) >= 11 is 5.88. The lowest BCUT2D eigenvalue weighted by Crippen LogP contribution is -2.25. The number of ether oxygens (including phenoxy) is 3. The largest absolute Gasteiger partial charge is 0.466 e. The highest BCUT2D eigenvalue weighted by Crippen LogP contribution is 2.34. The molecular weight excluding hydrogens is 357 g/mol. The summed E-state index contributed by atoms with van der Waals surface area (Å²) in [4.78, 5) is 32.6. The van der Waals surface area contributed by atoms with Gasteiger partial charge in [-0.15, -0.1) is 0 Å². The number of hydrogen-bond acceptors (Lipinski definition) is 8. The summed E-state index contributed by atoms with van der Waals surface area (Å²) in [5.41, 5.74) is -0.305. The lowest BCUT2D eigenvalue weighted by molar-refractivity contribution is -0.148. The molecule has 1 unspecified atom stereocenters. The second-order valence-electron chi connectivity index (χ2n) is 4.50. The van der Waals surface area contributed by atoms with Crippen LogP contribution < -0.4 is 9.47 Å². The van der Waals surface area contributed by atoms with Gasteiger partial charge in [0.2, 0.25) is 12.0 Å². The number of esters is 1. The number of carbonyl (C=O) groups is 1. The Morgan fingerprint density at radius 3 is 2.88 bits per heavy atom. The lowest BCUT2D eigenvalue weighted by atomic mass is 10.3. The van der Waals surface area contributed by atoms with Crippen molar-refractivity contribution in [3.05, 3.63) is 35.2 Å². The van der Waals surface area contributed by atoms with Crippen molar-refractivity contribution in [3.63, 3.8) is 0 Å². The number of aliphatic imine (C=N–C) groups is 1. The Balaban J connectivity index is 2.24. The van der Waals surface area contributed by atoms with Crippen LogP contribution in [0.15, 0.2) is 29.4 Å². The van der Waals surface area contributed by atoms with E-state index in [0.29, 0.717) is 0 Å². The second kappa shape index (κ2) is 8.18. The van der Waals surface area contributed by atoms with Crippen LogP contribution in [0.1, 0.15) is 6.92 Å². The average molecular weight is 368 g/mol. The molecule has 0 saturated heterocycles. The molecule has 25 heavy (non-hydrogen) atoms. The van der Waals surface area contributed by atoms with E-state index in [9.17, 15) is 14.0 Å². The number of benzene rings is 1. The number of nitrogens with zero attached hydrogens (tertiary/aromatic N) is 3. The summed E-state index contributed by atoms with van der Waals surface area (Å²) in [5.74, 6) is -1.38. The summed E-state index contributed by atoms with van der Waals surface area (Å²) in [7, 11) is 1.23. The third kappa shape index (κ3) is 4.72. The molecule has 1 aromatic heterocycles. The first-order valence-electron chi connectivity index (χ1n) is 6.77. The van der Waals surface area contributed by atoms with Gasteiger partial charge in [-0.1, -0.05) is 11.6 Å². The van der Waals surface area contributed by atoms with Crippen molar-refractivity contribution in [1.29, 1.82) is 0 Å². The summed E-state index contributed by atoms with van der Waals surface area (Å²) in [6.45, 7) is 1.48. The van der Waals surface area contributed by atoms with Crippen LogP contribution in [0.4, 0.5) is 10.1 Å². The maximum atomic E-state index is 13.6. The SMILES string of the molecule is COC(=O)C(C)Oc1ccnc(Oc2cc(N=C=O)c(F)cc2Cl)n1. The fourth-order valence-corrected chi connectivity index (χ4v) is 1.85. The van der Waals surface area contributed by atoms with Gasteiger partial charge in [-0.05, 0) is 13.0 Å². The minimum atomic E-state index is -0.893. The zero-order valence-corrected chi connectivity index (χ0v) is 13.8. The number of hydrogen-bond donors (Lipinski definition) is 0. The van der Waals surface area contributed by atoms with Gasteiger partial charge in [0.05, 0.1) is 12.1 Å². The Bertz CT molecular complexity index is 842. The van der Waals surface area contributed by atoms with Crippen molar-refractivity contribution < 1.29 is 28.2 Å². The number of rotatable bonds is 6. The molecule has 0 aliphatic rings. The second-order valence-corrected chi connectivity index (χ2v) is 4.91. The molecule has 1 aromatic carbocycles. The minimum Gasteiger partial charge on any atom is -0.466 e. The normalized spacial score (nSPS) is 11.2. The van der Waals surface area contributed by atoms with E-state index >= 15 is 0 Å². The minimum absolute atomic E-state index is 0.0322. The standard InChI is InChI=1S/C15H11ClFN3O5/c1-8(14(22)23-2)24-13-3-4-18-15(20-13)25-12-6-11(19-7-21)10(17)5-9(12)16/h3-6,8H,1-2H3. The van der Waals surface area contributed by atoms with Gasteiger partial charge < -0.3 is 14.2 Å². The van der Waals surface area contributed by atoms with Gasteiger partial charge in [-0.25, -0.2) is 19.0 Å². The number of aromatic nitrogens is 2. The van der Waals surface area contributed by atoms with Gasteiger partial charge in [0.25, 0.3) is 0 Å². The van der Waals surface area contributed by atoms with E-state index in [0.717, 1.165) is 12.1 Å². The average Bonchev–Trinajstić information content (AvgIpc) is 2.58. The third-order valence-corrected chi connectivity index (χ3v) is 3.10. The molecule has 0 aliphatic carbocycles. The van der Waals surface area contributed by atoms with Gasteiger partial charge in [-0.3, -0.25) is 0 Å². The van der Waals surface area contributed by atoms with Crippen LogP contribution in [0.3, 0.4) is 0 Å². The Morgan fingerprint density at radius 1 is 1.44 bits per heavy atom. The zero-order chi connectivity index (χ0) is 18.4. The van der Waals surface area contributed by atoms with E-state index in [-0.39, 0.29) is 28.3 Å². The Morgan fingerprint density at radius 2 is 2.20 bits per heavy atom. The molecule has 0 N–H and O–H groups in total. The molecule has 0 fully saturated rings. The molecule has 1 atom stereocenters. The molecule has 8 nitrogen and oxygen atoms in total. The first kappa shape index (κ1) is 18.3. The predicted molar refractivity (Wildman–Crippen MR) is 83.4 cm³/mol. The van der Waals surface area contributed by atoms with E-state index < -0.39 is 17.9 Å². The molecule has 2 rings (SSSR count). The highest BCUT2D eigenvalue weighted by atomic mass is 35.5. The van der Waals surface area contributed by atoms with Crippen molar-refractivity contribution in [2.24, 2.45) is 4.99 Å². The summed E-state index contributed by atoms with van der Waals surface area (Å²) in [5, 5.41) is -0.0831. The molecule has 0 bridgehead atoms. The van der Waals surface area contributed by atoms with Crippen molar-refractivity contribution in [2.75, 3.05) is 7.11 Å². The molecule has 0 radical (unpaired) electrons. The fourth-order valence-electron chi connectivity index (χ4n) is 1.67. The van der Waals surface area contributed by atoms with Crippen LogP contribution in [0, 0.1) is 5.82 Å². The first-order chi connectivity index (χ1) is 11.9. The summed E-state index contributed by atoms with van der Waals surface area (Å²) < 4.78 is 28.7. The van der Waals surface area contributed by atoms with Crippen LogP contribution in [0.25, 0.3) is 0 Å². The monoisotopic (exact) mass is 367 g/mol. The molecule has 2 aromatic rings. The van der Waals surface area contributed by atoms with Crippen LogP contribution in [0.5, 0.6) is 17.6 Å². The van der Waals surface area contributed by atoms with E-state index in [2.05, 4.69) is 19.7 Å². The summed E-state index contributed by atoms with van der Waals surface area (Å²) in [6.07, 6.45) is 1.65. The smallest absolute Gasteiger partial charge is 0.346 e. The van der Waals surface area contributed by atoms with Crippen molar-refractivity contribution >= 4 is 29.3 Å². The molecule has 10 heteroatoms. The van der Waals surface area contributed by atoms with Crippen molar-refractivity contribution in [1.82, 2.24) is 9.97 Å². The van der Waals surface area contributed by atoms with Crippen LogP contribution in [-0.2, 0) is 14.3 Å². The van der Waals surface area contributed by atoms with Crippen molar-refractivity contribution in [3.8, 4) is 17.6 Å². The summed E-state index contributed by atoms with van der Waals surface area (Å²) in [6, 6.07) is 3.24. The van der Waals surface area contributed by atoms with Gasteiger partial charge in [0, 0.05) is 18.3 Å². The Kier molecular flexibility index (Phi) is 5.99. The lowest BCUT2D eigenvalue weighted by Gasteiger charge is -2.12. The van der Waals surface area contributed by atoms with Crippen LogP contribution >= 0.6 is 11.6 Å². The maximum absolute atomic E-state index is 13.6. The number of carbonyl (C=O) groups excluding carboxylic acids is 2. The molecular formula is C15H11ClFN3O5. The quantitative estimate of drug-likeness (QED) is 0.439. The predicted octanol–water partition coefficient (Wildman–Crippen LogP) is 2.97. The number of methoxy groups -OCH3 is 1. The molecule has 0 saturated carbocycles. The molecule has 1 heterocycles. The van der Waals surface area contributed by atoms with E-state index in [1.165, 1.54) is 32.4 Å². The highest BCUT2D eigenvalue weighted by Gasteiger charge is 2.17. The van der Waals surface area contributed by atoms with E-state index in [1.54, 1.807) is 0 Å².